The molecule has 0 aromatic carbocycles. The van der Waals surface area contributed by atoms with E-state index >= 15 is 0 Å². The maximum absolute atomic E-state index is 11.1. The Labute approximate surface area is 117 Å². The van der Waals surface area contributed by atoms with Gasteiger partial charge in [-0.2, -0.15) is 0 Å². The van der Waals surface area contributed by atoms with Crippen LogP contribution in [0.5, 0.6) is 0 Å². The van der Waals surface area contributed by atoms with E-state index < -0.39 is 23.5 Å². The minimum absolute atomic E-state index is 0. The second-order valence-electron chi connectivity index (χ2n) is 5.39. The zero-order chi connectivity index (χ0) is 13.2. The topological polar surface area (TPSA) is 94.8 Å². The summed E-state index contributed by atoms with van der Waals surface area (Å²) in [5.74, 6) is -3.20. The van der Waals surface area contributed by atoms with Gasteiger partial charge in [0.1, 0.15) is 0 Å². The summed E-state index contributed by atoms with van der Waals surface area (Å²) in [6, 6.07) is 0. The summed E-state index contributed by atoms with van der Waals surface area (Å²) in [5, 5.41) is 28.0. The number of aliphatic carboxylic acids is 2. The highest BCUT2D eigenvalue weighted by Crippen LogP contribution is 2.40. The van der Waals surface area contributed by atoms with Gasteiger partial charge in [-0.05, 0) is 37.5 Å². The van der Waals surface area contributed by atoms with Crippen molar-refractivity contribution in [3.05, 3.63) is 0 Å². The summed E-state index contributed by atoms with van der Waals surface area (Å²) in [5.41, 5.74) is -2.10. The van der Waals surface area contributed by atoms with Crippen LogP contribution in [-0.2, 0) is 9.59 Å². The molecule has 3 atom stereocenters. The molecular formula is C12H20AlO5. The molecule has 3 unspecified atom stereocenters. The van der Waals surface area contributed by atoms with Crippen LogP contribution in [0.4, 0.5) is 0 Å². The number of aliphatic hydroxyl groups is 1. The lowest BCUT2D eigenvalue weighted by atomic mass is 9.69. The van der Waals surface area contributed by atoms with Gasteiger partial charge in [-0.25, -0.2) is 4.79 Å². The molecule has 1 aliphatic carbocycles. The van der Waals surface area contributed by atoms with E-state index in [-0.39, 0.29) is 36.1 Å². The number of carboxylic acid groups (broad SMARTS) is 2. The largest absolute Gasteiger partial charge is 0.481 e. The maximum Gasteiger partial charge on any atom is 0.336 e. The van der Waals surface area contributed by atoms with Crippen LogP contribution in [0.1, 0.15) is 39.5 Å². The number of hydrogen-bond acceptors (Lipinski definition) is 3. The van der Waals surface area contributed by atoms with Crippen molar-refractivity contribution in [1.29, 1.82) is 0 Å². The molecule has 5 nitrogen and oxygen atoms in total. The normalized spacial score (nSPS) is 31.8. The SMILES string of the molecule is CC(C)CC1CCC(O)(C(=O)O)C(C(=O)O)C1.[Al]. The third kappa shape index (κ3) is 3.71. The molecule has 3 radical (unpaired) electrons. The summed E-state index contributed by atoms with van der Waals surface area (Å²) in [7, 11) is 0. The van der Waals surface area contributed by atoms with Crippen LogP contribution in [0, 0.1) is 17.8 Å². The molecule has 18 heavy (non-hydrogen) atoms. The molecule has 0 aromatic rings. The van der Waals surface area contributed by atoms with Gasteiger partial charge < -0.3 is 15.3 Å². The van der Waals surface area contributed by atoms with E-state index in [1.54, 1.807) is 0 Å². The van der Waals surface area contributed by atoms with Crippen molar-refractivity contribution < 1.29 is 24.9 Å². The van der Waals surface area contributed by atoms with Gasteiger partial charge in [0.2, 0.25) is 0 Å². The molecule has 0 aromatic heterocycles. The van der Waals surface area contributed by atoms with Crippen LogP contribution in [0.3, 0.4) is 0 Å². The first kappa shape index (κ1) is 17.4. The van der Waals surface area contributed by atoms with Crippen molar-refractivity contribution in [2.75, 3.05) is 0 Å². The van der Waals surface area contributed by atoms with Gasteiger partial charge in [-0.3, -0.25) is 4.79 Å². The smallest absolute Gasteiger partial charge is 0.336 e. The fraction of sp³-hybridized carbons (Fsp3) is 0.833. The molecule has 1 saturated carbocycles. The van der Waals surface area contributed by atoms with Crippen molar-refractivity contribution in [1.82, 2.24) is 0 Å². The summed E-state index contributed by atoms with van der Waals surface area (Å²) in [6.45, 7) is 4.10. The minimum atomic E-state index is -2.10. The molecule has 3 N–H and O–H groups in total. The van der Waals surface area contributed by atoms with E-state index in [9.17, 15) is 14.7 Å². The Morgan fingerprint density at radius 3 is 2.28 bits per heavy atom. The van der Waals surface area contributed by atoms with E-state index in [1.807, 2.05) is 13.8 Å². The monoisotopic (exact) mass is 271 g/mol. The minimum Gasteiger partial charge on any atom is -0.481 e. The van der Waals surface area contributed by atoms with E-state index in [2.05, 4.69) is 0 Å². The van der Waals surface area contributed by atoms with E-state index in [4.69, 9.17) is 10.2 Å². The number of carboxylic acids is 2. The molecule has 0 amide bonds. The molecule has 0 bridgehead atoms. The number of rotatable bonds is 4. The lowest BCUT2D eigenvalue weighted by Gasteiger charge is -2.38. The van der Waals surface area contributed by atoms with Crippen LogP contribution in [0.25, 0.3) is 0 Å². The van der Waals surface area contributed by atoms with Crippen LogP contribution in [-0.4, -0.2) is 50.2 Å². The summed E-state index contributed by atoms with van der Waals surface area (Å²) in [4.78, 5) is 22.1. The number of hydrogen-bond donors (Lipinski definition) is 3. The van der Waals surface area contributed by atoms with Gasteiger partial charge in [-0.1, -0.05) is 13.8 Å². The van der Waals surface area contributed by atoms with E-state index in [0.717, 1.165) is 6.42 Å². The zero-order valence-corrected chi connectivity index (χ0v) is 12.0. The van der Waals surface area contributed by atoms with Crippen molar-refractivity contribution >= 4 is 29.3 Å². The maximum atomic E-state index is 11.1. The van der Waals surface area contributed by atoms with Crippen LogP contribution in [0.2, 0.25) is 0 Å². The average molecular weight is 271 g/mol. The predicted molar refractivity (Wildman–Crippen MR) is 66.3 cm³/mol. The average Bonchev–Trinajstić information content (AvgIpc) is 2.19. The lowest BCUT2D eigenvalue weighted by Crippen LogP contribution is -2.52. The number of carbonyl (C=O) groups is 2. The molecule has 1 aliphatic rings. The van der Waals surface area contributed by atoms with Gasteiger partial charge in [0, 0.05) is 17.4 Å². The van der Waals surface area contributed by atoms with Gasteiger partial charge in [0.15, 0.2) is 5.60 Å². The molecular weight excluding hydrogens is 251 g/mol. The second-order valence-corrected chi connectivity index (χ2v) is 5.39. The highest BCUT2D eigenvalue weighted by molar-refractivity contribution is 5.85. The molecule has 0 spiro atoms. The molecule has 0 aliphatic heterocycles. The standard InChI is InChI=1S/C12H20O5.Al/c1-7(2)5-8-3-4-12(17,11(15)16)9(6-8)10(13)14;/h7-9,17H,3-6H2,1-2H3,(H,13,14)(H,15,16);. The summed E-state index contributed by atoms with van der Waals surface area (Å²) < 4.78 is 0. The first-order valence-electron chi connectivity index (χ1n) is 5.96. The fourth-order valence-electron chi connectivity index (χ4n) is 2.69. The predicted octanol–water partition coefficient (Wildman–Crippen LogP) is 0.968. The highest BCUT2D eigenvalue weighted by atomic mass is 27.0. The Morgan fingerprint density at radius 1 is 1.33 bits per heavy atom. The quantitative estimate of drug-likeness (QED) is 0.662. The Hall–Kier alpha value is -0.568. The molecule has 0 saturated heterocycles. The van der Waals surface area contributed by atoms with Crippen molar-refractivity contribution in [3.63, 3.8) is 0 Å². The van der Waals surface area contributed by atoms with Crippen LogP contribution >= 0.6 is 0 Å². The van der Waals surface area contributed by atoms with Crippen molar-refractivity contribution in [3.8, 4) is 0 Å². The van der Waals surface area contributed by atoms with E-state index in [1.165, 1.54) is 0 Å². The Bertz CT molecular complexity index is 318. The first-order valence-corrected chi connectivity index (χ1v) is 5.96. The first-order chi connectivity index (χ1) is 7.77. The summed E-state index contributed by atoms with van der Waals surface area (Å²) in [6.07, 6.45) is 1.72. The summed E-state index contributed by atoms with van der Waals surface area (Å²) >= 11 is 0. The van der Waals surface area contributed by atoms with Crippen molar-refractivity contribution in [2.45, 2.75) is 45.1 Å². The van der Waals surface area contributed by atoms with Gasteiger partial charge in [0.25, 0.3) is 0 Å². The lowest BCUT2D eigenvalue weighted by molar-refractivity contribution is -0.181. The van der Waals surface area contributed by atoms with Gasteiger partial charge in [-0.15, -0.1) is 0 Å². The molecule has 1 rings (SSSR count). The van der Waals surface area contributed by atoms with Crippen molar-refractivity contribution in [2.24, 2.45) is 17.8 Å². The third-order valence-electron chi connectivity index (χ3n) is 3.55. The van der Waals surface area contributed by atoms with E-state index in [0.29, 0.717) is 12.3 Å². The Balaban J connectivity index is 0.00000289. The van der Waals surface area contributed by atoms with Crippen LogP contribution < -0.4 is 0 Å². The second kappa shape index (κ2) is 6.56. The fourth-order valence-corrected chi connectivity index (χ4v) is 2.69. The molecule has 101 valence electrons. The van der Waals surface area contributed by atoms with Gasteiger partial charge >= 0.3 is 11.9 Å². The van der Waals surface area contributed by atoms with Crippen LogP contribution in [0.15, 0.2) is 0 Å². The molecule has 1 fully saturated rings. The zero-order valence-electron chi connectivity index (χ0n) is 10.8. The van der Waals surface area contributed by atoms with Gasteiger partial charge in [0.05, 0.1) is 5.92 Å². The molecule has 0 heterocycles. The third-order valence-corrected chi connectivity index (χ3v) is 3.55. The highest BCUT2D eigenvalue weighted by Gasteiger charge is 2.51. The molecule has 6 heteroatoms. The Kier molecular flexibility index (Phi) is 6.35. The Morgan fingerprint density at radius 2 is 1.89 bits per heavy atom.